The molecule has 0 unspecified atom stereocenters. The number of thiophene rings is 1. The molecule has 6 heteroatoms. The molecule has 2 aromatic carbocycles. The number of piperidine rings is 1. The lowest BCUT2D eigenvalue weighted by Crippen LogP contribution is -2.49. The van der Waals surface area contributed by atoms with Gasteiger partial charge in [-0.3, -0.25) is 14.6 Å². The van der Waals surface area contributed by atoms with Crippen LogP contribution in [0.1, 0.15) is 43.2 Å². The lowest BCUT2D eigenvalue weighted by Gasteiger charge is -2.36. The van der Waals surface area contributed by atoms with Crippen molar-refractivity contribution in [2.75, 3.05) is 26.2 Å². The molecule has 33 heavy (non-hydrogen) atoms. The van der Waals surface area contributed by atoms with E-state index in [4.69, 9.17) is 5.11 Å². The van der Waals surface area contributed by atoms with E-state index in [2.05, 4.69) is 29.2 Å². The molecule has 172 valence electrons. The second kappa shape index (κ2) is 8.19. The first-order valence-electron chi connectivity index (χ1n) is 12.0. The molecule has 1 aliphatic carbocycles. The maximum Gasteiger partial charge on any atom is 0.309 e. The summed E-state index contributed by atoms with van der Waals surface area (Å²) in [5.74, 6) is -1.24. The molecule has 4 nitrogen and oxygen atoms in total. The molecule has 0 bridgehead atoms. The Bertz CT molecular complexity index is 1210. The molecule has 3 aliphatic rings. The molecule has 2 aliphatic heterocycles. The molecule has 0 radical (unpaired) electrons. The second-order valence-electron chi connectivity index (χ2n) is 9.99. The maximum absolute atomic E-state index is 15.1. The SMILES string of the molecule is O=C(O)C1CN(Cc2ccc(-c3cc4ccc(C5(N6CCCCC6)CC5)cc4s3)c(F)c2)C1. The summed E-state index contributed by atoms with van der Waals surface area (Å²) in [5.41, 5.74) is 3.20. The minimum Gasteiger partial charge on any atom is -0.481 e. The normalized spacial score (nSPS) is 21.2. The van der Waals surface area contributed by atoms with E-state index in [1.165, 1.54) is 60.8 Å². The summed E-state index contributed by atoms with van der Waals surface area (Å²) in [6.07, 6.45) is 6.46. The fourth-order valence-electron chi connectivity index (χ4n) is 5.65. The molecule has 0 amide bonds. The van der Waals surface area contributed by atoms with Crippen molar-refractivity contribution in [2.45, 2.75) is 44.2 Å². The first-order chi connectivity index (χ1) is 16.0. The molecule has 1 saturated carbocycles. The average molecular weight is 465 g/mol. The zero-order valence-corrected chi connectivity index (χ0v) is 19.5. The van der Waals surface area contributed by atoms with Crippen LogP contribution < -0.4 is 0 Å². The monoisotopic (exact) mass is 464 g/mol. The molecule has 3 fully saturated rings. The highest BCUT2D eigenvalue weighted by Gasteiger charge is 2.49. The van der Waals surface area contributed by atoms with Gasteiger partial charge in [-0.25, -0.2) is 4.39 Å². The Morgan fingerprint density at radius 1 is 1.06 bits per heavy atom. The van der Waals surface area contributed by atoms with Gasteiger partial charge in [0.2, 0.25) is 0 Å². The van der Waals surface area contributed by atoms with Crippen molar-refractivity contribution in [1.29, 1.82) is 0 Å². The Balaban J connectivity index is 1.22. The maximum atomic E-state index is 15.1. The minimum atomic E-state index is -0.746. The number of hydrogen-bond acceptors (Lipinski definition) is 4. The predicted molar refractivity (Wildman–Crippen MR) is 130 cm³/mol. The van der Waals surface area contributed by atoms with Gasteiger partial charge < -0.3 is 5.11 Å². The summed E-state index contributed by atoms with van der Waals surface area (Å²) in [4.78, 5) is 16.7. The number of hydrogen-bond donors (Lipinski definition) is 1. The predicted octanol–water partition coefficient (Wildman–Crippen LogP) is 5.70. The third kappa shape index (κ3) is 3.88. The first kappa shape index (κ1) is 21.3. The lowest BCUT2D eigenvalue weighted by molar-refractivity contribution is -0.147. The zero-order chi connectivity index (χ0) is 22.6. The number of likely N-dealkylation sites (tertiary alicyclic amines) is 2. The highest BCUT2D eigenvalue weighted by molar-refractivity contribution is 7.22. The Labute approximate surface area is 197 Å². The zero-order valence-electron chi connectivity index (χ0n) is 18.7. The van der Waals surface area contributed by atoms with Crippen LogP contribution in [0, 0.1) is 11.7 Å². The van der Waals surface area contributed by atoms with E-state index >= 15 is 4.39 Å². The van der Waals surface area contributed by atoms with Crippen LogP contribution >= 0.6 is 11.3 Å². The van der Waals surface area contributed by atoms with Crippen molar-refractivity contribution in [3.8, 4) is 10.4 Å². The van der Waals surface area contributed by atoms with E-state index in [1.807, 2.05) is 17.0 Å². The molecule has 3 aromatic rings. The summed E-state index contributed by atoms with van der Waals surface area (Å²) in [6, 6.07) is 14.4. The van der Waals surface area contributed by atoms with Gasteiger partial charge in [0.25, 0.3) is 0 Å². The number of carboxylic acids is 1. The van der Waals surface area contributed by atoms with Gasteiger partial charge in [0.1, 0.15) is 5.82 Å². The van der Waals surface area contributed by atoms with Crippen LogP contribution in [0.3, 0.4) is 0 Å². The molecule has 3 heterocycles. The van der Waals surface area contributed by atoms with Crippen LogP contribution in [0.2, 0.25) is 0 Å². The molecule has 0 atom stereocenters. The van der Waals surface area contributed by atoms with E-state index in [1.54, 1.807) is 17.4 Å². The lowest BCUT2D eigenvalue weighted by atomic mass is 9.98. The number of nitrogens with zero attached hydrogens (tertiary/aromatic N) is 2. The van der Waals surface area contributed by atoms with Crippen molar-refractivity contribution in [3.05, 3.63) is 59.4 Å². The van der Waals surface area contributed by atoms with Crippen molar-refractivity contribution >= 4 is 27.4 Å². The topological polar surface area (TPSA) is 43.8 Å². The number of carbonyl (C=O) groups is 1. The second-order valence-corrected chi connectivity index (χ2v) is 11.1. The summed E-state index contributed by atoms with van der Waals surface area (Å²) >= 11 is 1.67. The molecule has 2 saturated heterocycles. The van der Waals surface area contributed by atoms with Crippen LogP contribution in [-0.2, 0) is 16.9 Å². The van der Waals surface area contributed by atoms with E-state index in [0.717, 1.165) is 10.4 Å². The fraction of sp³-hybridized carbons (Fsp3) is 0.444. The number of carboxylic acid groups (broad SMARTS) is 1. The average Bonchev–Trinajstić information content (AvgIpc) is 3.49. The summed E-state index contributed by atoms with van der Waals surface area (Å²) in [6.45, 7) is 4.08. The van der Waals surface area contributed by atoms with Gasteiger partial charge in [0.15, 0.2) is 0 Å². The van der Waals surface area contributed by atoms with E-state index in [-0.39, 0.29) is 17.3 Å². The van der Waals surface area contributed by atoms with Gasteiger partial charge in [-0.1, -0.05) is 30.7 Å². The highest BCUT2D eigenvalue weighted by atomic mass is 32.1. The van der Waals surface area contributed by atoms with Gasteiger partial charge in [-0.15, -0.1) is 11.3 Å². The largest absolute Gasteiger partial charge is 0.481 e. The smallest absolute Gasteiger partial charge is 0.309 e. The molecular formula is C27H29FN2O2S. The molecule has 1 aromatic heterocycles. The summed E-state index contributed by atoms with van der Waals surface area (Å²) < 4.78 is 16.3. The molecule has 1 N–H and O–H groups in total. The van der Waals surface area contributed by atoms with Crippen LogP contribution in [0.5, 0.6) is 0 Å². The quantitative estimate of drug-likeness (QED) is 0.508. The Morgan fingerprint density at radius 2 is 1.85 bits per heavy atom. The van der Waals surface area contributed by atoms with E-state index in [0.29, 0.717) is 25.2 Å². The van der Waals surface area contributed by atoms with Gasteiger partial charge in [0, 0.05) is 40.3 Å². The van der Waals surface area contributed by atoms with Crippen LogP contribution in [0.4, 0.5) is 4.39 Å². The number of halogens is 1. The van der Waals surface area contributed by atoms with Gasteiger partial charge in [0.05, 0.1) is 5.92 Å². The van der Waals surface area contributed by atoms with Crippen LogP contribution in [0.25, 0.3) is 20.5 Å². The number of benzene rings is 2. The Morgan fingerprint density at radius 3 is 2.55 bits per heavy atom. The fourth-order valence-corrected chi connectivity index (χ4v) is 6.78. The van der Waals surface area contributed by atoms with E-state index in [9.17, 15) is 4.79 Å². The third-order valence-corrected chi connectivity index (χ3v) is 8.89. The van der Waals surface area contributed by atoms with Gasteiger partial charge in [-0.05, 0) is 73.5 Å². The number of aliphatic carboxylic acids is 1. The first-order valence-corrected chi connectivity index (χ1v) is 12.9. The van der Waals surface area contributed by atoms with Crippen molar-refractivity contribution in [1.82, 2.24) is 9.80 Å². The Hall–Kier alpha value is -2.28. The van der Waals surface area contributed by atoms with Crippen molar-refractivity contribution in [2.24, 2.45) is 5.92 Å². The highest BCUT2D eigenvalue weighted by Crippen LogP contribution is 2.52. The summed E-state index contributed by atoms with van der Waals surface area (Å²) in [7, 11) is 0. The molecule has 0 spiro atoms. The Kier molecular flexibility index (Phi) is 5.28. The van der Waals surface area contributed by atoms with E-state index < -0.39 is 5.97 Å². The standard InChI is InChI=1S/C27H29FN2O2S/c28-23-12-18(15-29-16-20(17-29)26(31)32)4-7-22(23)25-13-19-5-6-21(14-24(19)33-25)27(8-9-27)30-10-2-1-3-11-30/h4-7,12-14,20H,1-3,8-11,15-17H2,(H,31,32). The molecule has 6 rings (SSSR count). The van der Waals surface area contributed by atoms with Gasteiger partial charge >= 0.3 is 5.97 Å². The van der Waals surface area contributed by atoms with Crippen LogP contribution in [0.15, 0.2) is 42.5 Å². The summed E-state index contributed by atoms with van der Waals surface area (Å²) in [5, 5.41) is 10.2. The number of fused-ring (bicyclic) bond motifs is 1. The molecular weight excluding hydrogens is 435 g/mol. The minimum absolute atomic E-state index is 0.207. The van der Waals surface area contributed by atoms with Gasteiger partial charge in [-0.2, -0.15) is 0 Å². The van der Waals surface area contributed by atoms with Crippen molar-refractivity contribution in [3.63, 3.8) is 0 Å². The van der Waals surface area contributed by atoms with Crippen LogP contribution in [-0.4, -0.2) is 47.1 Å². The number of rotatable bonds is 6. The third-order valence-electron chi connectivity index (χ3n) is 7.75. The van der Waals surface area contributed by atoms with Crippen molar-refractivity contribution < 1.29 is 14.3 Å².